The molecule has 0 aliphatic heterocycles. The molecule has 0 aromatic heterocycles. The van der Waals surface area contributed by atoms with Crippen LogP contribution in [-0.2, 0) is 5.41 Å². The standard InChI is InChI=1S/C11H11ClO2/c1-11(5-6-11)7-3-2-4-8(12)9(7)10(13)14/h2-4H,5-6H2,1H3,(H,13,14). The van der Waals surface area contributed by atoms with Crippen LogP contribution in [0.5, 0.6) is 0 Å². The van der Waals surface area contributed by atoms with Crippen molar-refractivity contribution >= 4 is 17.6 Å². The van der Waals surface area contributed by atoms with Crippen molar-refractivity contribution in [3.8, 4) is 0 Å². The van der Waals surface area contributed by atoms with E-state index in [1.54, 1.807) is 6.07 Å². The van der Waals surface area contributed by atoms with Crippen LogP contribution in [0.2, 0.25) is 5.02 Å². The molecule has 74 valence electrons. The summed E-state index contributed by atoms with van der Waals surface area (Å²) in [5, 5.41) is 9.39. The molecule has 1 N–H and O–H groups in total. The number of hydrogen-bond donors (Lipinski definition) is 1. The van der Waals surface area contributed by atoms with Gasteiger partial charge < -0.3 is 5.11 Å². The monoisotopic (exact) mass is 210 g/mol. The van der Waals surface area contributed by atoms with Gasteiger partial charge in [0.25, 0.3) is 0 Å². The van der Waals surface area contributed by atoms with Crippen molar-refractivity contribution in [2.24, 2.45) is 0 Å². The van der Waals surface area contributed by atoms with Gasteiger partial charge in [-0.3, -0.25) is 0 Å². The normalized spacial score (nSPS) is 17.9. The van der Waals surface area contributed by atoms with Gasteiger partial charge in [0.15, 0.2) is 0 Å². The quantitative estimate of drug-likeness (QED) is 0.815. The summed E-state index contributed by atoms with van der Waals surface area (Å²) in [6.07, 6.45) is 2.10. The Morgan fingerprint density at radius 2 is 2.14 bits per heavy atom. The van der Waals surface area contributed by atoms with Crippen LogP contribution in [0.25, 0.3) is 0 Å². The molecular formula is C11H11ClO2. The second kappa shape index (κ2) is 2.99. The van der Waals surface area contributed by atoms with Gasteiger partial charge in [-0.15, -0.1) is 0 Å². The maximum Gasteiger partial charge on any atom is 0.337 e. The van der Waals surface area contributed by atoms with Crippen LogP contribution in [0.15, 0.2) is 18.2 Å². The Morgan fingerprint density at radius 3 is 2.64 bits per heavy atom. The fraction of sp³-hybridized carbons (Fsp3) is 0.364. The van der Waals surface area contributed by atoms with Crippen molar-refractivity contribution in [3.05, 3.63) is 34.3 Å². The highest BCUT2D eigenvalue weighted by Crippen LogP contribution is 2.49. The molecule has 0 spiro atoms. The van der Waals surface area contributed by atoms with Gasteiger partial charge in [-0.2, -0.15) is 0 Å². The number of carbonyl (C=O) groups is 1. The van der Waals surface area contributed by atoms with Gasteiger partial charge in [0, 0.05) is 0 Å². The van der Waals surface area contributed by atoms with Crippen molar-refractivity contribution in [2.75, 3.05) is 0 Å². The van der Waals surface area contributed by atoms with Crippen LogP contribution in [0.1, 0.15) is 35.7 Å². The summed E-state index contributed by atoms with van der Waals surface area (Å²) in [5.41, 5.74) is 1.19. The summed E-state index contributed by atoms with van der Waals surface area (Å²) in [6.45, 7) is 2.07. The van der Waals surface area contributed by atoms with Crippen molar-refractivity contribution in [3.63, 3.8) is 0 Å². The summed E-state index contributed by atoms with van der Waals surface area (Å²) < 4.78 is 0. The molecular weight excluding hydrogens is 200 g/mol. The lowest BCUT2D eigenvalue weighted by Crippen LogP contribution is -2.10. The fourth-order valence-corrected chi connectivity index (χ4v) is 1.96. The Morgan fingerprint density at radius 1 is 1.50 bits per heavy atom. The van der Waals surface area contributed by atoms with E-state index in [1.165, 1.54) is 0 Å². The zero-order valence-corrected chi connectivity index (χ0v) is 8.64. The molecule has 1 saturated carbocycles. The highest BCUT2D eigenvalue weighted by Gasteiger charge is 2.42. The third kappa shape index (κ3) is 1.40. The lowest BCUT2D eigenvalue weighted by molar-refractivity contribution is 0.0695. The molecule has 1 aliphatic carbocycles. The van der Waals surface area contributed by atoms with E-state index in [4.69, 9.17) is 16.7 Å². The fourth-order valence-electron chi connectivity index (χ4n) is 1.70. The van der Waals surface area contributed by atoms with Gasteiger partial charge in [0.05, 0.1) is 10.6 Å². The molecule has 0 unspecified atom stereocenters. The predicted molar refractivity (Wildman–Crippen MR) is 55.0 cm³/mol. The summed E-state index contributed by atoms with van der Waals surface area (Å²) >= 11 is 5.88. The summed E-state index contributed by atoms with van der Waals surface area (Å²) in [7, 11) is 0. The van der Waals surface area contributed by atoms with Gasteiger partial charge in [-0.05, 0) is 29.9 Å². The molecule has 0 bridgehead atoms. The third-order valence-corrected chi connectivity index (χ3v) is 3.19. The molecule has 1 aromatic rings. The molecule has 0 heterocycles. The molecule has 2 rings (SSSR count). The number of carboxylic acid groups (broad SMARTS) is 1. The van der Waals surface area contributed by atoms with E-state index in [-0.39, 0.29) is 11.0 Å². The minimum Gasteiger partial charge on any atom is -0.478 e. The van der Waals surface area contributed by atoms with E-state index in [0.29, 0.717) is 5.02 Å². The molecule has 14 heavy (non-hydrogen) atoms. The molecule has 1 fully saturated rings. The number of hydrogen-bond acceptors (Lipinski definition) is 1. The van der Waals surface area contributed by atoms with Crippen molar-refractivity contribution < 1.29 is 9.90 Å². The Hall–Kier alpha value is -1.02. The van der Waals surface area contributed by atoms with Crippen LogP contribution in [0.4, 0.5) is 0 Å². The third-order valence-electron chi connectivity index (χ3n) is 2.88. The van der Waals surface area contributed by atoms with Gasteiger partial charge in [0.2, 0.25) is 0 Å². The highest BCUT2D eigenvalue weighted by molar-refractivity contribution is 6.33. The number of halogens is 1. The van der Waals surface area contributed by atoms with Gasteiger partial charge in [-0.1, -0.05) is 30.7 Å². The molecule has 0 radical (unpaired) electrons. The van der Waals surface area contributed by atoms with E-state index in [2.05, 4.69) is 6.92 Å². The Balaban J connectivity index is 2.59. The number of aromatic carboxylic acids is 1. The molecule has 3 heteroatoms. The average Bonchev–Trinajstić information content (AvgIpc) is 2.84. The summed E-state index contributed by atoms with van der Waals surface area (Å²) in [6, 6.07) is 5.30. The molecule has 1 aromatic carbocycles. The first-order valence-electron chi connectivity index (χ1n) is 4.57. The highest BCUT2D eigenvalue weighted by atomic mass is 35.5. The van der Waals surface area contributed by atoms with Gasteiger partial charge in [0.1, 0.15) is 0 Å². The molecule has 0 amide bonds. The topological polar surface area (TPSA) is 37.3 Å². The van der Waals surface area contributed by atoms with E-state index >= 15 is 0 Å². The molecule has 0 saturated heterocycles. The van der Waals surface area contributed by atoms with Crippen LogP contribution < -0.4 is 0 Å². The second-order valence-electron chi connectivity index (χ2n) is 4.03. The molecule has 2 nitrogen and oxygen atoms in total. The second-order valence-corrected chi connectivity index (χ2v) is 4.44. The Bertz CT molecular complexity index is 394. The van der Waals surface area contributed by atoms with Crippen LogP contribution in [0, 0.1) is 0 Å². The smallest absolute Gasteiger partial charge is 0.337 e. The van der Waals surface area contributed by atoms with Crippen LogP contribution >= 0.6 is 11.6 Å². The minimum absolute atomic E-state index is 0.0403. The lowest BCUT2D eigenvalue weighted by atomic mass is 9.93. The molecule has 1 aliphatic rings. The first-order chi connectivity index (χ1) is 6.54. The largest absolute Gasteiger partial charge is 0.478 e. The maximum atomic E-state index is 11.0. The van der Waals surface area contributed by atoms with Gasteiger partial charge >= 0.3 is 5.97 Å². The Labute approximate surface area is 87.5 Å². The summed E-state index contributed by atoms with van der Waals surface area (Å²) in [5.74, 6) is -0.932. The van der Waals surface area contributed by atoms with E-state index in [9.17, 15) is 4.79 Å². The zero-order chi connectivity index (χ0) is 10.3. The maximum absolute atomic E-state index is 11.0. The predicted octanol–water partition coefficient (Wildman–Crippen LogP) is 3.09. The van der Waals surface area contributed by atoms with E-state index in [0.717, 1.165) is 18.4 Å². The first-order valence-corrected chi connectivity index (χ1v) is 4.95. The number of benzene rings is 1. The minimum atomic E-state index is -0.932. The van der Waals surface area contributed by atoms with Gasteiger partial charge in [-0.25, -0.2) is 4.79 Å². The average molecular weight is 211 g/mol. The number of carboxylic acids is 1. The van der Waals surface area contributed by atoms with Crippen molar-refractivity contribution in [1.82, 2.24) is 0 Å². The van der Waals surface area contributed by atoms with Crippen molar-refractivity contribution in [1.29, 1.82) is 0 Å². The van der Waals surface area contributed by atoms with Crippen LogP contribution in [-0.4, -0.2) is 11.1 Å². The zero-order valence-electron chi connectivity index (χ0n) is 7.88. The van der Waals surface area contributed by atoms with E-state index < -0.39 is 5.97 Å². The van der Waals surface area contributed by atoms with Crippen molar-refractivity contribution in [2.45, 2.75) is 25.2 Å². The lowest BCUT2D eigenvalue weighted by Gasteiger charge is -2.13. The molecule has 0 atom stereocenters. The number of rotatable bonds is 2. The SMILES string of the molecule is CC1(c2cccc(Cl)c2C(=O)O)CC1. The summed E-state index contributed by atoms with van der Waals surface area (Å²) in [4.78, 5) is 11.0. The van der Waals surface area contributed by atoms with E-state index in [1.807, 2.05) is 12.1 Å². The first kappa shape index (κ1) is 9.53. The Kier molecular flexibility index (Phi) is 2.04. The van der Waals surface area contributed by atoms with Crippen LogP contribution in [0.3, 0.4) is 0 Å².